The number of ether oxygens (including phenoxy) is 1. The molecule has 1 aromatic heterocycles. The second kappa shape index (κ2) is 5.55. The van der Waals surface area contributed by atoms with Crippen molar-refractivity contribution in [2.24, 2.45) is 5.92 Å². The average Bonchev–Trinajstić information content (AvgIpc) is 3.24. The molecule has 0 aromatic carbocycles. The van der Waals surface area contributed by atoms with Crippen molar-refractivity contribution in [3.63, 3.8) is 0 Å². The van der Waals surface area contributed by atoms with Crippen LogP contribution in [0.25, 0.3) is 0 Å². The van der Waals surface area contributed by atoms with Crippen LogP contribution in [0.15, 0.2) is 18.3 Å². The van der Waals surface area contributed by atoms with Crippen LogP contribution in [0.1, 0.15) is 32.1 Å². The molecule has 5 heteroatoms. The van der Waals surface area contributed by atoms with Gasteiger partial charge in [-0.15, -0.1) is 5.10 Å². The largest absolute Gasteiger partial charge is 0.471 e. The molecule has 1 saturated carbocycles. The Kier molecular flexibility index (Phi) is 3.62. The number of carbonyl (C=O) groups is 1. The van der Waals surface area contributed by atoms with Crippen molar-refractivity contribution >= 4 is 5.91 Å². The van der Waals surface area contributed by atoms with Gasteiger partial charge in [-0.25, -0.2) is 0 Å². The highest BCUT2D eigenvalue weighted by Gasteiger charge is 2.30. The first kappa shape index (κ1) is 12.4. The summed E-state index contributed by atoms with van der Waals surface area (Å²) in [5, 5.41) is 7.72. The number of likely N-dealkylation sites (tertiary alicyclic amines) is 1. The van der Waals surface area contributed by atoms with Gasteiger partial charge in [0.2, 0.25) is 11.8 Å². The molecule has 102 valence electrons. The molecule has 2 aliphatic rings. The Morgan fingerprint density at radius 2 is 2.32 bits per heavy atom. The van der Waals surface area contributed by atoms with E-state index in [4.69, 9.17) is 4.74 Å². The Morgan fingerprint density at radius 3 is 3.05 bits per heavy atom. The van der Waals surface area contributed by atoms with Crippen molar-refractivity contribution in [1.29, 1.82) is 0 Å². The van der Waals surface area contributed by atoms with Crippen molar-refractivity contribution in [3.05, 3.63) is 18.3 Å². The summed E-state index contributed by atoms with van der Waals surface area (Å²) >= 11 is 0. The molecule has 1 saturated heterocycles. The quantitative estimate of drug-likeness (QED) is 0.827. The fraction of sp³-hybridized carbons (Fsp3) is 0.643. The monoisotopic (exact) mass is 261 g/mol. The molecule has 1 atom stereocenters. The lowest BCUT2D eigenvalue weighted by Gasteiger charge is -2.32. The topological polar surface area (TPSA) is 55.3 Å². The summed E-state index contributed by atoms with van der Waals surface area (Å²) in [5.74, 6) is 1.48. The summed E-state index contributed by atoms with van der Waals surface area (Å²) in [6.07, 6.45) is 6.81. The third-order valence-electron chi connectivity index (χ3n) is 3.73. The van der Waals surface area contributed by atoms with Crippen LogP contribution < -0.4 is 4.74 Å². The Balaban J connectivity index is 1.53. The van der Waals surface area contributed by atoms with Gasteiger partial charge < -0.3 is 9.64 Å². The smallest absolute Gasteiger partial charge is 0.233 e. The predicted molar refractivity (Wildman–Crippen MR) is 69.6 cm³/mol. The normalized spacial score (nSPS) is 23.2. The van der Waals surface area contributed by atoms with E-state index < -0.39 is 0 Å². The fourth-order valence-corrected chi connectivity index (χ4v) is 2.48. The van der Waals surface area contributed by atoms with E-state index in [1.807, 2.05) is 4.90 Å². The molecule has 0 N–H and O–H groups in total. The van der Waals surface area contributed by atoms with Crippen molar-refractivity contribution in [2.45, 2.75) is 38.2 Å². The molecule has 1 aromatic rings. The zero-order valence-corrected chi connectivity index (χ0v) is 11.0. The van der Waals surface area contributed by atoms with Crippen molar-refractivity contribution in [3.8, 4) is 5.88 Å². The molecule has 19 heavy (non-hydrogen) atoms. The van der Waals surface area contributed by atoms with Gasteiger partial charge in [0.15, 0.2) is 0 Å². The lowest BCUT2D eigenvalue weighted by Crippen LogP contribution is -2.44. The zero-order valence-electron chi connectivity index (χ0n) is 11.0. The number of amides is 1. The van der Waals surface area contributed by atoms with Crippen LogP contribution in [0.2, 0.25) is 0 Å². The first-order valence-corrected chi connectivity index (χ1v) is 7.03. The van der Waals surface area contributed by atoms with Crippen LogP contribution >= 0.6 is 0 Å². The van der Waals surface area contributed by atoms with E-state index in [0.717, 1.165) is 25.8 Å². The van der Waals surface area contributed by atoms with Crippen LogP contribution in [0.5, 0.6) is 5.88 Å². The van der Waals surface area contributed by atoms with Gasteiger partial charge >= 0.3 is 0 Å². The summed E-state index contributed by atoms with van der Waals surface area (Å²) in [6.45, 7) is 1.55. The minimum Gasteiger partial charge on any atom is -0.471 e. The van der Waals surface area contributed by atoms with Gasteiger partial charge in [-0.05, 0) is 37.7 Å². The Hall–Kier alpha value is -1.65. The Morgan fingerprint density at radius 1 is 1.42 bits per heavy atom. The molecule has 1 amide bonds. The molecule has 5 nitrogen and oxygen atoms in total. The highest BCUT2D eigenvalue weighted by Crippen LogP contribution is 2.33. The number of hydrogen-bond acceptors (Lipinski definition) is 4. The Bertz CT molecular complexity index is 434. The minimum atomic E-state index is 0.0496. The molecule has 1 aliphatic heterocycles. The first-order chi connectivity index (χ1) is 9.31. The van der Waals surface area contributed by atoms with Gasteiger partial charge in [0.05, 0.1) is 6.54 Å². The van der Waals surface area contributed by atoms with Gasteiger partial charge in [0, 0.05) is 25.2 Å². The minimum absolute atomic E-state index is 0.0496. The molecule has 2 heterocycles. The average molecular weight is 261 g/mol. The number of nitrogens with zero attached hydrogens (tertiary/aromatic N) is 3. The molecule has 1 aliphatic carbocycles. The van der Waals surface area contributed by atoms with E-state index in [9.17, 15) is 4.79 Å². The standard InChI is InChI=1S/C14H19N3O2/c18-14(9-11-5-6-11)17-8-2-3-12(10-17)19-13-4-1-7-15-16-13/h1,4,7,11-12H,2-3,5-6,8-10H2. The first-order valence-electron chi connectivity index (χ1n) is 7.03. The van der Waals surface area contributed by atoms with Gasteiger partial charge in [-0.2, -0.15) is 5.10 Å². The molecule has 2 fully saturated rings. The molecule has 1 unspecified atom stereocenters. The zero-order chi connectivity index (χ0) is 13.1. The molecule has 0 spiro atoms. The third kappa shape index (κ3) is 3.43. The number of piperidine rings is 1. The van der Waals surface area contributed by atoms with Gasteiger partial charge in [0.1, 0.15) is 6.10 Å². The highest BCUT2D eigenvalue weighted by molar-refractivity contribution is 5.76. The van der Waals surface area contributed by atoms with Gasteiger partial charge in [0.25, 0.3) is 0 Å². The molecule has 3 rings (SSSR count). The number of hydrogen-bond donors (Lipinski definition) is 0. The van der Waals surface area contributed by atoms with Gasteiger partial charge in [-0.1, -0.05) is 0 Å². The second-order valence-corrected chi connectivity index (χ2v) is 5.43. The third-order valence-corrected chi connectivity index (χ3v) is 3.73. The van der Waals surface area contributed by atoms with E-state index in [1.54, 1.807) is 18.3 Å². The molecule has 0 radical (unpaired) electrons. The molecule has 0 bridgehead atoms. The fourth-order valence-electron chi connectivity index (χ4n) is 2.48. The summed E-state index contributed by atoms with van der Waals surface area (Å²) in [7, 11) is 0. The second-order valence-electron chi connectivity index (χ2n) is 5.43. The van der Waals surface area contributed by atoms with Crippen molar-refractivity contribution < 1.29 is 9.53 Å². The maximum Gasteiger partial charge on any atom is 0.233 e. The summed E-state index contributed by atoms with van der Waals surface area (Å²) in [5.41, 5.74) is 0. The Labute approximate surface area is 113 Å². The predicted octanol–water partition coefficient (Wildman–Crippen LogP) is 1.65. The lowest BCUT2D eigenvalue weighted by molar-refractivity contribution is -0.134. The maximum absolute atomic E-state index is 12.1. The number of carbonyl (C=O) groups excluding carboxylic acids is 1. The number of rotatable bonds is 4. The van der Waals surface area contributed by atoms with E-state index in [0.29, 0.717) is 18.3 Å². The van der Waals surface area contributed by atoms with E-state index >= 15 is 0 Å². The maximum atomic E-state index is 12.1. The summed E-state index contributed by atoms with van der Waals surface area (Å²) < 4.78 is 5.79. The van der Waals surface area contributed by atoms with Gasteiger partial charge in [-0.3, -0.25) is 4.79 Å². The lowest BCUT2D eigenvalue weighted by atomic mass is 10.1. The summed E-state index contributed by atoms with van der Waals surface area (Å²) in [6, 6.07) is 3.61. The van der Waals surface area contributed by atoms with Crippen LogP contribution in [-0.2, 0) is 4.79 Å². The molecular weight excluding hydrogens is 242 g/mol. The highest BCUT2D eigenvalue weighted by atomic mass is 16.5. The van der Waals surface area contributed by atoms with E-state index in [-0.39, 0.29) is 12.0 Å². The van der Waals surface area contributed by atoms with E-state index in [2.05, 4.69) is 10.2 Å². The van der Waals surface area contributed by atoms with E-state index in [1.165, 1.54) is 12.8 Å². The number of aromatic nitrogens is 2. The van der Waals surface area contributed by atoms with Crippen LogP contribution in [-0.4, -0.2) is 40.2 Å². The van der Waals surface area contributed by atoms with Crippen LogP contribution in [0, 0.1) is 5.92 Å². The van der Waals surface area contributed by atoms with Crippen LogP contribution in [0.3, 0.4) is 0 Å². The SMILES string of the molecule is O=C(CC1CC1)N1CCCC(Oc2cccnn2)C1. The van der Waals surface area contributed by atoms with Crippen LogP contribution in [0.4, 0.5) is 0 Å². The summed E-state index contributed by atoms with van der Waals surface area (Å²) in [4.78, 5) is 14.0. The van der Waals surface area contributed by atoms with Crippen molar-refractivity contribution in [2.75, 3.05) is 13.1 Å². The molecular formula is C14H19N3O2. The van der Waals surface area contributed by atoms with Crippen molar-refractivity contribution in [1.82, 2.24) is 15.1 Å².